The van der Waals surface area contributed by atoms with Crippen LogP contribution in [0.15, 0.2) is 18.2 Å². The van der Waals surface area contributed by atoms with Gasteiger partial charge in [-0.25, -0.2) is 0 Å². The first-order chi connectivity index (χ1) is 8.96. The molecule has 0 aromatic heterocycles. The van der Waals surface area contributed by atoms with Gasteiger partial charge in [0.2, 0.25) is 0 Å². The lowest BCUT2D eigenvalue weighted by molar-refractivity contribution is 0.297. The lowest BCUT2D eigenvalue weighted by Gasteiger charge is -2.22. The predicted octanol–water partition coefficient (Wildman–Crippen LogP) is 4.41. The summed E-state index contributed by atoms with van der Waals surface area (Å²) in [6.45, 7) is 8.03. The van der Waals surface area contributed by atoms with Gasteiger partial charge in [-0.3, -0.25) is 0 Å². The van der Waals surface area contributed by atoms with Crippen LogP contribution in [0.25, 0.3) is 0 Å². The van der Waals surface area contributed by atoms with Gasteiger partial charge < -0.3 is 10.1 Å². The third-order valence-electron chi connectivity index (χ3n) is 3.33. The maximum atomic E-state index is 6.26. The predicted molar refractivity (Wildman–Crippen MR) is 80.9 cm³/mol. The standard InChI is InChI=1S/C16H24ClNO/c1-16(2,3)18-11-13-5-4-6-14(17)15(13)19-10-9-12-7-8-12/h4-6,12,18H,7-11H2,1-3H3. The van der Waals surface area contributed by atoms with E-state index in [9.17, 15) is 0 Å². The molecule has 0 heterocycles. The van der Waals surface area contributed by atoms with Gasteiger partial charge in [0, 0.05) is 17.6 Å². The average molecular weight is 282 g/mol. The number of benzene rings is 1. The van der Waals surface area contributed by atoms with E-state index < -0.39 is 0 Å². The summed E-state index contributed by atoms with van der Waals surface area (Å²) in [6, 6.07) is 5.96. The number of rotatable bonds is 6. The molecule has 1 N–H and O–H groups in total. The van der Waals surface area contributed by atoms with Crippen molar-refractivity contribution in [1.82, 2.24) is 5.32 Å². The van der Waals surface area contributed by atoms with Crippen LogP contribution in [0, 0.1) is 5.92 Å². The van der Waals surface area contributed by atoms with Crippen LogP contribution < -0.4 is 10.1 Å². The van der Waals surface area contributed by atoms with E-state index in [2.05, 4.69) is 32.2 Å². The number of para-hydroxylation sites is 1. The van der Waals surface area contributed by atoms with Gasteiger partial charge in [-0.2, -0.15) is 0 Å². The fraction of sp³-hybridized carbons (Fsp3) is 0.625. The quantitative estimate of drug-likeness (QED) is 0.834. The molecule has 1 aromatic rings. The first-order valence-electron chi connectivity index (χ1n) is 7.11. The maximum Gasteiger partial charge on any atom is 0.142 e. The lowest BCUT2D eigenvalue weighted by Crippen LogP contribution is -2.35. The molecular weight excluding hydrogens is 258 g/mol. The Balaban J connectivity index is 1.97. The molecule has 3 heteroatoms. The molecule has 1 aliphatic carbocycles. The van der Waals surface area contributed by atoms with Crippen molar-refractivity contribution < 1.29 is 4.74 Å². The highest BCUT2D eigenvalue weighted by atomic mass is 35.5. The molecule has 0 aliphatic heterocycles. The summed E-state index contributed by atoms with van der Waals surface area (Å²) in [7, 11) is 0. The summed E-state index contributed by atoms with van der Waals surface area (Å²) >= 11 is 6.26. The Bertz CT molecular complexity index is 421. The van der Waals surface area contributed by atoms with Crippen molar-refractivity contribution in [3.8, 4) is 5.75 Å². The van der Waals surface area contributed by atoms with E-state index >= 15 is 0 Å². The second-order valence-electron chi connectivity index (χ2n) is 6.41. The van der Waals surface area contributed by atoms with E-state index in [1.807, 2.05) is 12.1 Å². The van der Waals surface area contributed by atoms with Crippen LogP contribution in [-0.4, -0.2) is 12.1 Å². The van der Waals surface area contributed by atoms with Crippen LogP contribution in [0.3, 0.4) is 0 Å². The van der Waals surface area contributed by atoms with Gasteiger partial charge in [-0.1, -0.05) is 36.6 Å². The molecule has 1 aromatic carbocycles. The molecule has 0 saturated heterocycles. The zero-order valence-corrected chi connectivity index (χ0v) is 12.9. The smallest absolute Gasteiger partial charge is 0.142 e. The van der Waals surface area contributed by atoms with Gasteiger partial charge in [0.15, 0.2) is 0 Å². The molecule has 0 radical (unpaired) electrons. The minimum Gasteiger partial charge on any atom is -0.492 e. The SMILES string of the molecule is CC(C)(C)NCc1cccc(Cl)c1OCCC1CC1. The third-order valence-corrected chi connectivity index (χ3v) is 3.62. The molecule has 0 amide bonds. The molecule has 1 aliphatic rings. The molecule has 1 saturated carbocycles. The highest BCUT2D eigenvalue weighted by Crippen LogP contribution is 2.34. The normalized spacial score (nSPS) is 15.6. The number of hydrogen-bond donors (Lipinski definition) is 1. The highest BCUT2D eigenvalue weighted by Gasteiger charge is 2.21. The van der Waals surface area contributed by atoms with Gasteiger partial charge in [-0.05, 0) is 39.2 Å². The third kappa shape index (κ3) is 5.04. The van der Waals surface area contributed by atoms with Crippen molar-refractivity contribution >= 4 is 11.6 Å². The lowest BCUT2D eigenvalue weighted by atomic mass is 10.1. The first kappa shape index (κ1) is 14.7. The fourth-order valence-electron chi connectivity index (χ4n) is 1.95. The minimum atomic E-state index is 0.0909. The molecule has 0 bridgehead atoms. The summed E-state index contributed by atoms with van der Waals surface area (Å²) in [4.78, 5) is 0. The highest BCUT2D eigenvalue weighted by molar-refractivity contribution is 6.32. The van der Waals surface area contributed by atoms with Crippen molar-refractivity contribution in [3.63, 3.8) is 0 Å². The summed E-state index contributed by atoms with van der Waals surface area (Å²) in [5.74, 6) is 1.74. The average Bonchev–Trinajstić information content (AvgIpc) is 3.12. The van der Waals surface area contributed by atoms with Crippen LogP contribution >= 0.6 is 11.6 Å². The Morgan fingerprint density at radius 1 is 1.32 bits per heavy atom. The second-order valence-corrected chi connectivity index (χ2v) is 6.82. The van der Waals surface area contributed by atoms with E-state index in [4.69, 9.17) is 16.3 Å². The molecule has 2 rings (SSSR count). The maximum absolute atomic E-state index is 6.26. The van der Waals surface area contributed by atoms with E-state index in [1.165, 1.54) is 12.8 Å². The largest absolute Gasteiger partial charge is 0.492 e. The monoisotopic (exact) mass is 281 g/mol. The topological polar surface area (TPSA) is 21.3 Å². The van der Waals surface area contributed by atoms with E-state index in [0.29, 0.717) is 5.02 Å². The summed E-state index contributed by atoms with van der Waals surface area (Å²) in [5.41, 5.74) is 1.23. The van der Waals surface area contributed by atoms with Crippen molar-refractivity contribution in [2.75, 3.05) is 6.61 Å². The van der Waals surface area contributed by atoms with Crippen molar-refractivity contribution in [1.29, 1.82) is 0 Å². The van der Waals surface area contributed by atoms with Gasteiger partial charge >= 0.3 is 0 Å². The van der Waals surface area contributed by atoms with Crippen molar-refractivity contribution in [3.05, 3.63) is 28.8 Å². The zero-order valence-electron chi connectivity index (χ0n) is 12.1. The molecule has 2 nitrogen and oxygen atoms in total. The molecule has 106 valence electrons. The Labute approximate surface area is 121 Å². The molecule has 19 heavy (non-hydrogen) atoms. The van der Waals surface area contributed by atoms with Gasteiger partial charge in [0.25, 0.3) is 0 Å². The summed E-state index contributed by atoms with van der Waals surface area (Å²) in [5, 5.41) is 4.19. The van der Waals surface area contributed by atoms with Crippen LogP contribution in [0.1, 0.15) is 45.6 Å². The Morgan fingerprint density at radius 2 is 2.05 bits per heavy atom. The van der Waals surface area contributed by atoms with Gasteiger partial charge in [0.05, 0.1) is 11.6 Å². The van der Waals surface area contributed by atoms with E-state index in [1.54, 1.807) is 0 Å². The van der Waals surface area contributed by atoms with Gasteiger partial charge in [0.1, 0.15) is 5.75 Å². The number of halogens is 1. The van der Waals surface area contributed by atoms with Crippen molar-refractivity contribution in [2.45, 2.75) is 52.1 Å². The van der Waals surface area contributed by atoms with E-state index in [-0.39, 0.29) is 5.54 Å². The summed E-state index contributed by atoms with van der Waals surface area (Å²) < 4.78 is 5.91. The zero-order chi connectivity index (χ0) is 13.9. The Morgan fingerprint density at radius 3 is 2.68 bits per heavy atom. The van der Waals surface area contributed by atoms with Crippen LogP contribution in [0.2, 0.25) is 5.02 Å². The first-order valence-corrected chi connectivity index (χ1v) is 7.49. The number of ether oxygens (including phenoxy) is 1. The van der Waals surface area contributed by atoms with Crippen LogP contribution in [0.4, 0.5) is 0 Å². The molecule has 0 unspecified atom stereocenters. The van der Waals surface area contributed by atoms with E-state index in [0.717, 1.165) is 36.8 Å². The molecule has 1 fully saturated rings. The minimum absolute atomic E-state index is 0.0909. The molecular formula is C16H24ClNO. The second kappa shape index (κ2) is 6.15. The Hall–Kier alpha value is -0.730. The van der Waals surface area contributed by atoms with Crippen molar-refractivity contribution in [2.24, 2.45) is 5.92 Å². The summed E-state index contributed by atoms with van der Waals surface area (Å²) in [6.07, 6.45) is 3.88. The van der Waals surface area contributed by atoms with Crippen LogP contribution in [0.5, 0.6) is 5.75 Å². The Kier molecular flexibility index (Phi) is 4.75. The number of nitrogens with one attached hydrogen (secondary N) is 1. The van der Waals surface area contributed by atoms with Crippen LogP contribution in [-0.2, 0) is 6.54 Å². The molecule has 0 spiro atoms. The fourth-order valence-corrected chi connectivity index (χ4v) is 2.20. The molecule has 0 atom stereocenters. The van der Waals surface area contributed by atoms with Gasteiger partial charge in [-0.15, -0.1) is 0 Å². The number of hydrogen-bond acceptors (Lipinski definition) is 2.